The normalized spacial score (nSPS) is 12.0. The van der Waals surface area contributed by atoms with Crippen molar-refractivity contribution in [3.05, 3.63) is 102 Å². The molecule has 0 heterocycles. The van der Waals surface area contributed by atoms with Gasteiger partial charge in [0.15, 0.2) is 0 Å². The molecule has 0 unspecified atom stereocenters. The number of benzene rings is 3. The summed E-state index contributed by atoms with van der Waals surface area (Å²) in [5, 5.41) is 0. The molecule has 3 aromatic rings. The van der Waals surface area contributed by atoms with Gasteiger partial charge in [-0.25, -0.2) is 0 Å². The molecule has 168 valence electrons. The third-order valence-corrected chi connectivity index (χ3v) is 6.52. The van der Waals surface area contributed by atoms with Crippen LogP contribution in [0, 0.1) is 0 Å². The van der Waals surface area contributed by atoms with E-state index in [1.165, 1.54) is 27.8 Å². The maximum absolute atomic E-state index is 6.03. The third kappa shape index (κ3) is 6.94. The summed E-state index contributed by atoms with van der Waals surface area (Å²) in [6.45, 7) is 8.18. The molecule has 3 heteroatoms. The molecule has 0 spiro atoms. The van der Waals surface area contributed by atoms with Crippen molar-refractivity contribution < 1.29 is 4.74 Å². The highest BCUT2D eigenvalue weighted by Crippen LogP contribution is 2.35. The molecule has 0 bridgehead atoms. The predicted molar refractivity (Wildman–Crippen MR) is 147 cm³/mol. The smallest absolute Gasteiger partial charge is 0.119 e. The van der Waals surface area contributed by atoms with Crippen LogP contribution in [0.3, 0.4) is 0 Å². The molecule has 0 aliphatic carbocycles. The summed E-state index contributed by atoms with van der Waals surface area (Å²) in [6, 6.07) is 30.2. The Balaban J connectivity index is 1.95. The van der Waals surface area contributed by atoms with Crippen molar-refractivity contribution in [2.24, 2.45) is 0 Å². The van der Waals surface area contributed by atoms with Crippen molar-refractivity contribution in [1.29, 1.82) is 0 Å². The lowest BCUT2D eigenvalue weighted by Gasteiger charge is -2.19. The zero-order valence-electron chi connectivity index (χ0n) is 19.3. The number of rotatable bonds is 12. The Morgan fingerprint density at radius 1 is 0.750 bits per heavy atom. The van der Waals surface area contributed by atoms with Gasteiger partial charge < -0.3 is 9.64 Å². The lowest BCUT2D eigenvalue weighted by atomic mass is 9.87. The molecule has 0 atom stereocenters. The first-order valence-corrected chi connectivity index (χ1v) is 13.1. The van der Waals surface area contributed by atoms with Crippen molar-refractivity contribution in [1.82, 2.24) is 4.90 Å². The van der Waals surface area contributed by atoms with Crippen molar-refractivity contribution in [3.8, 4) is 5.75 Å². The molecule has 0 aromatic heterocycles. The standard InChI is InChI=1S/C29H34INO/c1-3-31(4-2)22-23-32-27-19-17-26(18-20-27)29(25-14-9-6-10-15-25)28(16-11-21-30)24-12-7-5-8-13-24/h5-10,12-15,17-20H,3-4,11,16,21-23H2,1-2H3/b29-28-/i30+4. The van der Waals surface area contributed by atoms with Crippen molar-refractivity contribution >= 4 is 33.7 Å². The lowest BCUT2D eigenvalue weighted by molar-refractivity contribution is 0.223. The number of halogens is 1. The third-order valence-electron chi connectivity index (χ3n) is 5.76. The van der Waals surface area contributed by atoms with E-state index < -0.39 is 0 Å². The van der Waals surface area contributed by atoms with Crippen LogP contribution in [-0.2, 0) is 0 Å². The molecule has 2 nitrogen and oxygen atoms in total. The second-order valence-corrected chi connectivity index (χ2v) is 8.86. The molecular formula is C29H34INO. The van der Waals surface area contributed by atoms with Crippen LogP contribution in [0.15, 0.2) is 84.9 Å². The van der Waals surface area contributed by atoms with Gasteiger partial charge in [0.1, 0.15) is 12.4 Å². The van der Waals surface area contributed by atoms with Gasteiger partial charge in [-0.05, 0) is 70.3 Å². The molecule has 0 N–H and O–H groups in total. The topological polar surface area (TPSA) is 12.5 Å². The maximum Gasteiger partial charge on any atom is 0.119 e. The second kappa shape index (κ2) is 13.4. The molecule has 0 saturated carbocycles. The zero-order valence-corrected chi connectivity index (χ0v) is 21.4. The first-order valence-electron chi connectivity index (χ1n) is 11.6. The number of likely N-dealkylation sites (N-methyl/N-ethyl adjacent to an activating group) is 1. The number of nitrogens with zero attached hydrogens (tertiary/aromatic N) is 1. The van der Waals surface area contributed by atoms with E-state index in [1.54, 1.807) is 0 Å². The van der Waals surface area contributed by atoms with Crippen LogP contribution >= 0.6 is 22.6 Å². The molecule has 3 aromatic carbocycles. The van der Waals surface area contributed by atoms with Crippen LogP contribution in [-0.4, -0.2) is 35.6 Å². The zero-order chi connectivity index (χ0) is 22.6. The largest absolute Gasteiger partial charge is 0.492 e. The Morgan fingerprint density at radius 2 is 1.31 bits per heavy atom. The van der Waals surface area contributed by atoms with E-state index in [9.17, 15) is 0 Å². The summed E-state index contributed by atoms with van der Waals surface area (Å²) in [6.07, 6.45) is 2.22. The fourth-order valence-electron chi connectivity index (χ4n) is 3.97. The Kier molecular flexibility index (Phi) is 10.3. The van der Waals surface area contributed by atoms with E-state index in [-0.39, 0.29) is 0 Å². The van der Waals surface area contributed by atoms with Crippen LogP contribution in [0.4, 0.5) is 0 Å². The van der Waals surface area contributed by atoms with E-state index in [1.807, 2.05) is 0 Å². The van der Waals surface area contributed by atoms with E-state index in [0.717, 1.165) is 42.7 Å². The molecular weight excluding hydrogens is 509 g/mol. The van der Waals surface area contributed by atoms with Crippen LogP contribution in [0.1, 0.15) is 43.4 Å². The first-order chi connectivity index (χ1) is 15.8. The quantitative estimate of drug-likeness (QED) is 0.133. The van der Waals surface area contributed by atoms with Gasteiger partial charge in [-0.2, -0.15) is 0 Å². The van der Waals surface area contributed by atoms with Crippen LogP contribution < -0.4 is 4.74 Å². The minimum absolute atomic E-state index is 0.716. The second-order valence-electron chi connectivity index (χ2n) is 7.78. The van der Waals surface area contributed by atoms with Crippen molar-refractivity contribution in [2.45, 2.75) is 26.7 Å². The minimum atomic E-state index is 0.716. The van der Waals surface area contributed by atoms with Crippen molar-refractivity contribution in [2.75, 3.05) is 30.7 Å². The molecule has 0 saturated heterocycles. The number of ether oxygens (including phenoxy) is 1. The summed E-state index contributed by atoms with van der Waals surface area (Å²) in [7, 11) is 0. The molecule has 0 aliphatic heterocycles. The SMILES string of the molecule is CCN(CC)CCOc1ccc(/C(=C(/CCC[131I])c2ccccc2)c2ccccc2)cc1. The Bertz CT molecular complexity index is 947. The van der Waals surface area contributed by atoms with Gasteiger partial charge in [-0.15, -0.1) is 0 Å². The fourth-order valence-corrected chi connectivity index (χ4v) is 4.35. The average molecular weight is 544 g/mol. The number of allylic oxidation sites excluding steroid dienone is 1. The Morgan fingerprint density at radius 3 is 1.88 bits per heavy atom. The predicted octanol–water partition coefficient (Wildman–Crippen LogP) is 7.58. The van der Waals surface area contributed by atoms with Gasteiger partial charge in [0.2, 0.25) is 0 Å². The van der Waals surface area contributed by atoms with Gasteiger partial charge in [0, 0.05) is 6.54 Å². The molecule has 0 amide bonds. The van der Waals surface area contributed by atoms with Gasteiger partial charge in [0.05, 0.1) is 0 Å². The number of alkyl halides is 1. The molecule has 0 radical (unpaired) electrons. The highest BCUT2D eigenvalue weighted by Gasteiger charge is 2.14. The Hall–Kier alpha value is -2.11. The van der Waals surface area contributed by atoms with Gasteiger partial charge in [0.25, 0.3) is 0 Å². The highest BCUT2D eigenvalue weighted by atomic mass is 131. The molecule has 32 heavy (non-hydrogen) atoms. The Labute approximate surface area is 207 Å². The lowest BCUT2D eigenvalue weighted by Crippen LogP contribution is -2.27. The molecule has 0 aliphatic rings. The molecule has 3 rings (SSSR count). The first kappa shape index (κ1) is 24.5. The van der Waals surface area contributed by atoms with Gasteiger partial charge in [-0.1, -0.05) is 109 Å². The monoisotopic (exact) mass is 543 g/mol. The summed E-state index contributed by atoms with van der Waals surface area (Å²) < 4.78 is 7.18. The van der Waals surface area contributed by atoms with E-state index in [4.69, 9.17) is 4.74 Å². The van der Waals surface area contributed by atoms with E-state index >= 15 is 0 Å². The van der Waals surface area contributed by atoms with E-state index in [2.05, 4.69) is 126 Å². The summed E-state index contributed by atoms with van der Waals surface area (Å²) in [5.74, 6) is 0.932. The molecule has 0 fully saturated rings. The van der Waals surface area contributed by atoms with E-state index in [0.29, 0.717) is 6.61 Å². The van der Waals surface area contributed by atoms with Crippen LogP contribution in [0.5, 0.6) is 5.75 Å². The maximum atomic E-state index is 6.03. The highest BCUT2D eigenvalue weighted by molar-refractivity contribution is 14.1. The summed E-state index contributed by atoms with van der Waals surface area (Å²) >= 11 is 2.48. The summed E-state index contributed by atoms with van der Waals surface area (Å²) in [5.41, 5.74) is 6.52. The fraction of sp³-hybridized carbons (Fsp3) is 0.310. The number of hydrogen-bond donors (Lipinski definition) is 0. The number of hydrogen-bond acceptors (Lipinski definition) is 2. The minimum Gasteiger partial charge on any atom is -0.492 e. The van der Waals surface area contributed by atoms with Gasteiger partial charge in [-0.3, -0.25) is 0 Å². The van der Waals surface area contributed by atoms with Crippen LogP contribution in [0.2, 0.25) is 0 Å². The summed E-state index contributed by atoms with van der Waals surface area (Å²) in [4.78, 5) is 2.38. The average Bonchev–Trinajstić information content (AvgIpc) is 2.86. The van der Waals surface area contributed by atoms with Gasteiger partial charge >= 0.3 is 0 Å². The van der Waals surface area contributed by atoms with Crippen LogP contribution in [0.25, 0.3) is 11.1 Å². The van der Waals surface area contributed by atoms with Crippen molar-refractivity contribution in [3.63, 3.8) is 0 Å².